The molecule has 2 aliphatic rings. The van der Waals surface area contributed by atoms with E-state index in [1.54, 1.807) is 19.1 Å². The van der Waals surface area contributed by atoms with Gasteiger partial charge in [-0.15, -0.1) is 10.2 Å². The molecule has 1 saturated heterocycles. The summed E-state index contributed by atoms with van der Waals surface area (Å²) in [5.41, 5.74) is 0.883. The minimum absolute atomic E-state index is 0.0473. The molecule has 8 heteroatoms. The van der Waals surface area contributed by atoms with E-state index in [-0.39, 0.29) is 24.3 Å². The molecule has 2 fully saturated rings. The Morgan fingerprint density at radius 1 is 1.35 bits per heavy atom. The second-order valence-corrected chi connectivity index (χ2v) is 7.75. The highest BCUT2D eigenvalue weighted by Crippen LogP contribution is 2.43. The third-order valence-electron chi connectivity index (χ3n) is 4.96. The zero-order valence-corrected chi connectivity index (χ0v) is 15.5. The van der Waals surface area contributed by atoms with E-state index in [1.165, 1.54) is 11.3 Å². The fourth-order valence-corrected chi connectivity index (χ4v) is 4.28. The van der Waals surface area contributed by atoms with Gasteiger partial charge in [-0.2, -0.15) is 0 Å². The van der Waals surface area contributed by atoms with Crippen LogP contribution >= 0.6 is 11.3 Å². The first-order valence-corrected chi connectivity index (χ1v) is 9.42. The SMILES string of the molecule is COc1cccc([C@H]2[C@H](C(=O)Nc3nnc(C4CC4)s3)CC(=O)N2C)c1. The van der Waals surface area contributed by atoms with Gasteiger partial charge in [0.1, 0.15) is 10.8 Å². The number of hydrogen-bond donors (Lipinski definition) is 1. The Balaban J connectivity index is 1.55. The van der Waals surface area contributed by atoms with Gasteiger partial charge in [-0.25, -0.2) is 0 Å². The first kappa shape index (κ1) is 17.0. The Hall–Kier alpha value is -2.48. The quantitative estimate of drug-likeness (QED) is 0.872. The number of hydrogen-bond acceptors (Lipinski definition) is 6. The van der Waals surface area contributed by atoms with Crippen molar-refractivity contribution >= 4 is 28.3 Å². The third kappa shape index (κ3) is 3.16. The van der Waals surface area contributed by atoms with E-state index < -0.39 is 5.92 Å². The second-order valence-electron chi connectivity index (χ2n) is 6.75. The minimum Gasteiger partial charge on any atom is -0.497 e. The molecule has 2 aromatic rings. The lowest BCUT2D eigenvalue weighted by atomic mass is 9.93. The molecule has 0 unspecified atom stereocenters. The predicted molar refractivity (Wildman–Crippen MR) is 97.1 cm³/mol. The Labute approximate surface area is 155 Å². The van der Waals surface area contributed by atoms with E-state index >= 15 is 0 Å². The Morgan fingerprint density at radius 3 is 2.88 bits per heavy atom. The zero-order chi connectivity index (χ0) is 18.3. The van der Waals surface area contributed by atoms with Crippen molar-refractivity contribution in [2.75, 3.05) is 19.5 Å². The monoisotopic (exact) mass is 372 g/mol. The largest absolute Gasteiger partial charge is 0.497 e. The lowest BCUT2D eigenvalue weighted by molar-refractivity contribution is -0.127. The van der Waals surface area contributed by atoms with Crippen LogP contribution in [0.25, 0.3) is 0 Å². The molecule has 1 aromatic heterocycles. The summed E-state index contributed by atoms with van der Waals surface area (Å²) in [4.78, 5) is 26.8. The maximum absolute atomic E-state index is 12.9. The van der Waals surface area contributed by atoms with Gasteiger partial charge >= 0.3 is 0 Å². The summed E-state index contributed by atoms with van der Waals surface area (Å²) < 4.78 is 5.28. The average Bonchev–Trinajstić information content (AvgIpc) is 3.32. The highest BCUT2D eigenvalue weighted by atomic mass is 32.1. The van der Waals surface area contributed by atoms with E-state index in [1.807, 2.05) is 24.3 Å². The first-order chi connectivity index (χ1) is 12.6. The number of rotatable bonds is 5. The number of benzene rings is 1. The lowest BCUT2D eigenvalue weighted by Gasteiger charge is -2.25. The molecule has 1 N–H and O–H groups in total. The number of amides is 2. The van der Waals surface area contributed by atoms with Crippen LogP contribution in [0, 0.1) is 5.92 Å². The summed E-state index contributed by atoms with van der Waals surface area (Å²) in [5, 5.41) is 12.5. The average molecular weight is 372 g/mol. The summed E-state index contributed by atoms with van der Waals surface area (Å²) >= 11 is 1.42. The van der Waals surface area contributed by atoms with Gasteiger partial charge in [-0.1, -0.05) is 23.5 Å². The number of carbonyl (C=O) groups is 2. The van der Waals surface area contributed by atoms with Crippen LogP contribution in [0.3, 0.4) is 0 Å². The summed E-state index contributed by atoms with van der Waals surface area (Å²) in [6, 6.07) is 7.17. The molecular formula is C18H20N4O3S. The number of anilines is 1. The number of likely N-dealkylation sites (tertiary alicyclic amines) is 1. The molecule has 2 amide bonds. The molecule has 1 saturated carbocycles. The molecule has 2 heterocycles. The van der Waals surface area contributed by atoms with Crippen molar-refractivity contribution < 1.29 is 14.3 Å². The van der Waals surface area contributed by atoms with E-state index in [9.17, 15) is 9.59 Å². The maximum atomic E-state index is 12.9. The van der Waals surface area contributed by atoms with Gasteiger partial charge in [0.15, 0.2) is 0 Å². The molecular weight excluding hydrogens is 352 g/mol. The van der Waals surface area contributed by atoms with Crippen molar-refractivity contribution in [1.29, 1.82) is 0 Å². The van der Waals surface area contributed by atoms with E-state index in [0.29, 0.717) is 16.8 Å². The second kappa shape index (κ2) is 6.68. The molecule has 0 bridgehead atoms. The predicted octanol–water partition coefficient (Wildman–Crippen LogP) is 2.58. The number of carbonyl (C=O) groups excluding carboxylic acids is 2. The normalized spacial score (nSPS) is 22.5. The minimum atomic E-state index is -0.479. The maximum Gasteiger partial charge on any atom is 0.232 e. The van der Waals surface area contributed by atoms with Crippen molar-refractivity contribution in [1.82, 2.24) is 15.1 Å². The molecule has 7 nitrogen and oxygen atoms in total. The van der Waals surface area contributed by atoms with Crippen molar-refractivity contribution in [2.24, 2.45) is 5.92 Å². The van der Waals surface area contributed by atoms with Gasteiger partial charge in [0, 0.05) is 19.4 Å². The van der Waals surface area contributed by atoms with E-state index in [0.717, 1.165) is 23.4 Å². The molecule has 1 aliphatic heterocycles. The van der Waals surface area contributed by atoms with Crippen molar-refractivity contribution in [3.05, 3.63) is 34.8 Å². The van der Waals surface area contributed by atoms with E-state index in [4.69, 9.17) is 4.74 Å². The first-order valence-electron chi connectivity index (χ1n) is 8.60. The number of aromatic nitrogens is 2. The fraction of sp³-hybridized carbons (Fsp3) is 0.444. The van der Waals surface area contributed by atoms with Crippen LogP contribution in [0.4, 0.5) is 5.13 Å². The van der Waals surface area contributed by atoms with Crippen LogP contribution in [0.2, 0.25) is 0 Å². The number of methoxy groups -OCH3 is 1. The molecule has 26 heavy (non-hydrogen) atoms. The van der Waals surface area contributed by atoms with Gasteiger partial charge in [-0.05, 0) is 30.5 Å². The third-order valence-corrected chi connectivity index (χ3v) is 5.96. The Bertz CT molecular complexity index is 848. The van der Waals surface area contributed by atoms with Gasteiger partial charge in [0.25, 0.3) is 0 Å². The van der Waals surface area contributed by atoms with Crippen LogP contribution < -0.4 is 10.1 Å². The number of ether oxygens (including phenoxy) is 1. The van der Waals surface area contributed by atoms with Gasteiger partial charge in [-0.3, -0.25) is 9.59 Å². The highest BCUT2D eigenvalue weighted by Gasteiger charge is 2.43. The fourth-order valence-electron chi connectivity index (χ4n) is 3.36. The Kier molecular flexibility index (Phi) is 4.36. The van der Waals surface area contributed by atoms with Crippen molar-refractivity contribution in [3.8, 4) is 5.75 Å². The lowest BCUT2D eigenvalue weighted by Crippen LogP contribution is -2.30. The van der Waals surface area contributed by atoms with Crippen LogP contribution in [0.15, 0.2) is 24.3 Å². The standard InChI is InChI=1S/C18H20N4O3S/c1-22-14(23)9-13(15(22)11-4-3-5-12(8-11)25-2)16(24)19-18-21-20-17(26-18)10-6-7-10/h3-5,8,10,13,15H,6-7,9H2,1-2H3,(H,19,21,24)/t13-,15+/m1/s1. The summed E-state index contributed by atoms with van der Waals surface area (Å²) in [5.74, 6) is 0.477. The zero-order valence-electron chi connectivity index (χ0n) is 14.6. The van der Waals surface area contributed by atoms with Gasteiger partial charge in [0.05, 0.1) is 19.1 Å². The Morgan fingerprint density at radius 2 is 2.15 bits per heavy atom. The van der Waals surface area contributed by atoms with Crippen molar-refractivity contribution in [2.45, 2.75) is 31.2 Å². The van der Waals surface area contributed by atoms with Crippen LogP contribution in [0.1, 0.15) is 41.8 Å². The smallest absolute Gasteiger partial charge is 0.232 e. The summed E-state index contributed by atoms with van der Waals surface area (Å²) in [7, 11) is 3.33. The van der Waals surface area contributed by atoms with Crippen molar-refractivity contribution in [3.63, 3.8) is 0 Å². The highest BCUT2D eigenvalue weighted by molar-refractivity contribution is 7.15. The van der Waals surface area contributed by atoms with E-state index in [2.05, 4.69) is 15.5 Å². The molecule has 136 valence electrons. The van der Waals surface area contributed by atoms with Gasteiger partial charge in [0.2, 0.25) is 16.9 Å². The molecule has 0 spiro atoms. The molecule has 0 radical (unpaired) electrons. The van der Waals surface area contributed by atoms with Crippen LogP contribution in [-0.4, -0.2) is 41.1 Å². The summed E-state index contributed by atoms with van der Waals surface area (Å²) in [6.45, 7) is 0. The molecule has 1 aliphatic carbocycles. The molecule has 2 atom stereocenters. The van der Waals surface area contributed by atoms with Crippen LogP contribution in [0.5, 0.6) is 5.75 Å². The molecule has 1 aromatic carbocycles. The van der Waals surface area contributed by atoms with Crippen LogP contribution in [-0.2, 0) is 9.59 Å². The number of nitrogens with one attached hydrogen (secondary N) is 1. The topological polar surface area (TPSA) is 84.4 Å². The van der Waals surface area contributed by atoms with Gasteiger partial charge < -0.3 is 15.0 Å². The summed E-state index contributed by atoms with van der Waals surface area (Å²) in [6.07, 6.45) is 2.46. The number of nitrogens with zero attached hydrogens (tertiary/aromatic N) is 3. The molecule has 4 rings (SSSR count).